The maximum Gasteiger partial charge on any atom is 0.231 e. The lowest BCUT2D eigenvalue weighted by molar-refractivity contribution is 0.268. The maximum absolute atomic E-state index is 13.5. The van der Waals surface area contributed by atoms with Gasteiger partial charge in [-0.1, -0.05) is 43.0 Å². The molecule has 3 rings (SSSR count). The van der Waals surface area contributed by atoms with E-state index in [1.54, 1.807) is 18.2 Å². The number of nitrogens with two attached hydrogens (primary N) is 1. The molecule has 2 unspecified atom stereocenters. The molecule has 1 aromatic carbocycles. The Morgan fingerprint density at radius 3 is 2.78 bits per heavy atom. The monoisotopic (exact) mass is 319 g/mol. The standard InChI is InChI=1S/C17H22FN3O2/c18-13-8-5-6-10-15(13)22-11-16-20-17(23-21-16)12-7-3-1-2-4-9-14(12)19/h5-6,8,10,12,14H,1-4,7,9,11,19H2. The van der Waals surface area contributed by atoms with Crippen molar-refractivity contribution in [2.75, 3.05) is 0 Å². The molecular formula is C17H22FN3O2. The Balaban J connectivity index is 1.64. The van der Waals surface area contributed by atoms with Crippen molar-refractivity contribution in [3.05, 3.63) is 41.8 Å². The number of nitrogens with zero attached hydrogens (tertiary/aromatic N) is 2. The van der Waals surface area contributed by atoms with Gasteiger partial charge in [-0.05, 0) is 25.0 Å². The topological polar surface area (TPSA) is 74.2 Å². The Morgan fingerprint density at radius 1 is 1.17 bits per heavy atom. The third-order valence-electron chi connectivity index (χ3n) is 4.31. The van der Waals surface area contributed by atoms with Gasteiger partial charge in [-0.3, -0.25) is 0 Å². The predicted molar refractivity (Wildman–Crippen MR) is 83.4 cm³/mol. The van der Waals surface area contributed by atoms with Gasteiger partial charge in [0, 0.05) is 6.04 Å². The van der Waals surface area contributed by atoms with Crippen molar-refractivity contribution in [3.63, 3.8) is 0 Å². The van der Waals surface area contributed by atoms with Gasteiger partial charge in [0.25, 0.3) is 0 Å². The molecule has 0 spiro atoms. The van der Waals surface area contributed by atoms with Gasteiger partial charge >= 0.3 is 0 Å². The third kappa shape index (κ3) is 4.07. The van der Waals surface area contributed by atoms with Crippen molar-refractivity contribution >= 4 is 0 Å². The van der Waals surface area contributed by atoms with Crippen LogP contribution >= 0.6 is 0 Å². The van der Waals surface area contributed by atoms with Crippen molar-refractivity contribution in [3.8, 4) is 5.75 Å². The zero-order chi connectivity index (χ0) is 16.1. The van der Waals surface area contributed by atoms with Crippen LogP contribution in [0.4, 0.5) is 4.39 Å². The fraction of sp³-hybridized carbons (Fsp3) is 0.529. The molecule has 1 heterocycles. The second-order valence-corrected chi connectivity index (χ2v) is 6.03. The fourth-order valence-corrected chi connectivity index (χ4v) is 3.00. The zero-order valence-corrected chi connectivity index (χ0v) is 13.1. The summed E-state index contributed by atoms with van der Waals surface area (Å²) in [6, 6.07) is 6.31. The van der Waals surface area contributed by atoms with E-state index in [-0.39, 0.29) is 24.3 Å². The van der Waals surface area contributed by atoms with E-state index in [1.165, 1.54) is 18.9 Å². The van der Waals surface area contributed by atoms with Crippen LogP contribution in [0.2, 0.25) is 0 Å². The summed E-state index contributed by atoms with van der Waals surface area (Å²) in [6.45, 7) is 0.0758. The zero-order valence-electron chi connectivity index (χ0n) is 13.1. The molecule has 5 nitrogen and oxygen atoms in total. The van der Waals surface area contributed by atoms with Gasteiger partial charge in [0.2, 0.25) is 11.7 Å². The fourth-order valence-electron chi connectivity index (χ4n) is 3.00. The van der Waals surface area contributed by atoms with Gasteiger partial charge in [0.15, 0.2) is 18.2 Å². The molecule has 0 amide bonds. The first kappa shape index (κ1) is 15.9. The Hall–Kier alpha value is -1.95. The Morgan fingerprint density at radius 2 is 1.96 bits per heavy atom. The normalized spacial score (nSPS) is 22.3. The molecular weight excluding hydrogens is 297 g/mol. The number of halogens is 1. The van der Waals surface area contributed by atoms with Crippen molar-refractivity contribution in [1.29, 1.82) is 0 Å². The molecule has 1 aliphatic carbocycles. The van der Waals surface area contributed by atoms with Crippen LogP contribution in [0.25, 0.3) is 0 Å². The molecule has 1 aromatic heterocycles. The lowest BCUT2D eigenvalue weighted by Crippen LogP contribution is -2.29. The lowest BCUT2D eigenvalue weighted by Gasteiger charge is -2.22. The molecule has 6 heteroatoms. The molecule has 2 atom stereocenters. The van der Waals surface area contributed by atoms with Gasteiger partial charge in [-0.25, -0.2) is 4.39 Å². The summed E-state index contributed by atoms with van der Waals surface area (Å²) in [7, 11) is 0. The highest BCUT2D eigenvalue weighted by Crippen LogP contribution is 2.29. The third-order valence-corrected chi connectivity index (χ3v) is 4.31. The summed E-state index contributed by atoms with van der Waals surface area (Å²) in [6.07, 6.45) is 6.69. The minimum absolute atomic E-state index is 0.0519. The molecule has 23 heavy (non-hydrogen) atoms. The van der Waals surface area contributed by atoms with Crippen LogP contribution in [-0.4, -0.2) is 16.2 Å². The van der Waals surface area contributed by atoms with Gasteiger partial charge in [-0.15, -0.1) is 0 Å². The molecule has 2 aromatic rings. The molecule has 0 aliphatic heterocycles. The van der Waals surface area contributed by atoms with Gasteiger partial charge < -0.3 is 15.0 Å². The van der Waals surface area contributed by atoms with Crippen LogP contribution < -0.4 is 10.5 Å². The van der Waals surface area contributed by atoms with Crippen LogP contribution in [0.3, 0.4) is 0 Å². The number of ether oxygens (including phenoxy) is 1. The van der Waals surface area contributed by atoms with Crippen molar-refractivity contribution < 1.29 is 13.7 Å². The van der Waals surface area contributed by atoms with Crippen LogP contribution in [-0.2, 0) is 6.61 Å². The summed E-state index contributed by atoms with van der Waals surface area (Å²) < 4.78 is 24.3. The van der Waals surface area contributed by atoms with E-state index in [0.29, 0.717) is 11.7 Å². The van der Waals surface area contributed by atoms with Gasteiger partial charge in [-0.2, -0.15) is 4.98 Å². The summed E-state index contributed by atoms with van der Waals surface area (Å²) in [5.41, 5.74) is 6.27. The van der Waals surface area contributed by atoms with E-state index in [4.69, 9.17) is 15.0 Å². The van der Waals surface area contributed by atoms with E-state index in [1.807, 2.05) is 0 Å². The maximum atomic E-state index is 13.5. The average Bonchev–Trinajstić information content (AvgIpc) is 2.99. The van der Waals surface area contributed by atoms with Crippen LogP contribution in [0.1, 0.15) is 56.2 Å². The average molecular weight is 319 g/mol. The number of hydrogen-bond acceptors (Lipinski definition) is 5. The largest absolute Gasteiger partial charge is 0.482 e. The first-order chi connectivity index (χ1) is 11.2. The highest BCUT2D eigenvalue weighted by Gasteiger charge is 2.26. The van der Waals surface area contributed by atoms with E-state index in [0.717, 1.165) is 25.7 Å². The summed E-state index contributed by atoms with van der Waals surface area (Å²) >= 11 is 0. The number of benzene rings is 1. The van der Waals surface area contributed by atoms with Gasteiger partial charge in [0.1, 0.15) is 0 Å². The Kier molecular flexibility index (Phi) is 5.23. The van der Waals surface area contributed by atoms with Crippen molar-refractivity contribution in [2.24, 2.45) is 5.73 Å². The number of hydrogen-bond donors (Lipinski definition) is 1. The highest BCUT2D eigenvalue weighted by molar-refractivity contribution is 5.23. The molecule has 2 N–H and O–H groups in total. The smallest absolute Gasteiger partial charge is 0.231 e. The Labute approximate surface area is 135 Å². The molecule has 124 valence electrons. The second kappa shape index (κ2) is 7.55. The minimum atomic E-state index is -0.404. The summed E-state index contributed by atoms with van der Waals surface area (Å²) in [5, 5.41) is 3.94. The molecule has 0 radical (unpaired) electrons. The first-order valence-corrected chi connectivity index (χ1v) is 8.19. The lowest BCUT2D eigenvalue weighted by atomic mass is 9.87. The van der Waals surface area contributed by atoms with Crippen LogP contribution in [0, 0.1) is 5.82 Å². The highest BCUT2D eigenvalue weighted by atomic mass is 19.1. The van der Waals surface area contributed by atoms with E-state index in [9.17, 15) is 4.39 Å². The predicted octanol–water partition coefficient (Wildman–Crippen LogP) is 3.55. The Bertz CT molecular complexity index is 632. The quantitative estimate of drug-likeness (QED) is 0.933. The molecule has 1 aliphatic rings. The summed E-state index contributed by atoms with van der Waals surface area (Å²) in [5.74, 6) is 0.869. The van der Waals surface area contributed by atoms with E-state index < -0.39 is 5.82 Å². The molecule has 0 saturated heterocycles. The minimum Gasteiger partial charge on any atom is -0.482 e. The van der Waals surface area contributed by atoms with Crippen LogP contribution in [0.15, 0.2) is 28.8 Å². The second-order valence-electron chi connectivity index (χ2n) is 6.03. The molecule has 1 saturated carbocycles. The SMILES string of the molecule is NC1CCCCCCC1c1nc(COc2ccccc2F)no1. The van der Waals surface area contributed by atoms with E-state index in [2.05, 4.69) is 10.1 Å². The number of aromatic nitrogens is 2. The van der Waals surface area contributed by atoms with Gasteiger partial charge in [0.05, 0.1) is 5.92 Å². The van der Waals surface area contributed by atoms with Crippen LogP contribution in [0.5, 0.6) is 5.75 Å². The summed E-state index contributed by atoms with van der Waals surface area (Å²) in [4.78, 5) is 4.40. The number of para-hydroxylation sites is 1. The molecule has 0 bridgehead atoms. The molecule has 1 fully saturated rings. The number of rotatable bonds is 4. The van der Waals surface area contributed by atoms with Crippen molar-refractivity contribution in [1.82, 2.24) is 10.1 Å². The van der Waals surface area contributed by atoms with Crippen molar-refractivity contribution in [2.45, 2.75) is 57.1 Å². The van der Waals surface area contributed by atoms with E-state index >= 15 is 0 Å². The first-order valence-electron chi connectivity index (χ1n) is 8.19.